The zero-order chi connectivity index (χ0) is 14.3. The number of unbranched alkanes of at least 4 members (excludes halogenated alkanes) is 1. The summed E-state index contributed by atoms with van der Waals surface area (Å²) in [5, 5.41) is 36.9. The predicted molar refractivity (Wildman–Crippen MR) is 67.0 cm³/mol. The summed E-state index contributed by atoms with van der Waals surface area (Å²) < 4.78 is 0. The fraction of sp³-hybridized carbons (Fsp3) is 0.900. The molecule has 6 N–H and O–H groups in total. The summed E-state index contributed by atoms with van der Waals surface area (Å²) in [5.41, 5.74) is 4.24. The van der Waals surface area contributed by atoms with E-state index in [9.17, 15) is 10.0 Å². The third kappa shape index (κ3) is 6.32. The van der Waals surface area contributed by atoms with Gasteiger partial charge in [0, 0.05) is 6.04 Å². The van der Waals surface area contributed by atoms with Crippen molar-refractivity contribution in [2.75, 3.05) is 6.54 Å². The van der Waals surface area contributed by atoms with Gasteiger partial charge in [0.25, 0.3) is 0 Å². The number of carbonyl (C=O) groups is 1. The predicted octanol–water partition coefficient (Wildman–Crippen LogP) is -0.489. The summed E-state index contributed by atoms with van der Waals surface area (Å²) in [7, 11) is -1.38. The van der Waals surface area contributed by atoms with Crippen LogP contribution in [0.5, 0.6) is 0 Å². The van der Waals surface area contributed by atoms with Crippen LogP contribution in [-0.2, 0) is 4.79 Å². The molecule has 1 unspecified atom stereocenters. The molecule has 0 rings (SSSR count). The number of rotatable bonds is 9. The Labute approximate surface area is 107 Å². The van der Waals surface area contributed by atoms with Crippen LogP contribution in [0.25, 0.3) is 0 Å². The van der Waals surface area contributed by atoms with Gasteiger partial charge in [-0.15, -0.1) is 0 Å². The van der Waals surface area contributed by atoms with Crippen LogP contribution in [-0.4, -0.2) is 56.6 Å². The summed E-state index contributed by atoms with van der Waals surface area (Å²) in [6, 6.07) is -0.216. The molecular formula is C10H23BN2O5. The molecule has 0 heterocycles. The van der Waals surface area contributed by atoms with Gasteiger partial charge in [-0.1, -0.05) is 12.8 Å². The van der Waals surface area contributed by atoms with Crippen molar-refractivity contribution in [1.82, 2.24) is 5.06 Å². The van der Waals surface area contributed by atoms with Gasteiger partial charge in [-0.2, -0.15) is 5.06 Å². The molecule has 0 aliphatic rings. The number of hydrogen-bond acceptors (Lipinski definition) is 6. The zero-order valence-electron chi connectivity index (χ0n) is 10.9. The molecule has 0 aliphatic carbocycles. The standard InChI is InChI=1S/C10H23BN2O5/c1-8(2)13(18)7-10(12,9(14)15)5-3-4-6-11(16)17/h8,16-18H,3-7,12H2,1-2H3,(H,14,15). The van der Waals surface area contributed by atoms with Crippen molar-refractivity contribution in [3.63, 3.8) is 0 Å². The number of nitrogens with zero attached hydrogens (tertiary/aromatic N) is 1. The van der Waals surface area contributed by atoms with Gasteiger partial charge in [-0.25, -0.2) is 0 Å². The average Bonchev–Trinajstić information content (AvgIpc) is 2.23. The number of hydroxylamine groups is 2. The van der Waals surface area contributed by atoms with E-state index in [-0.39, 0.29) is 25.3 Å². The molecule has 0 amide bonds. The average molecular weight is 262 g/mol. The summed E-state index contributed by atoms with van der Waals surface area (Å²) in [4.78, 5) is 11.1. The maximum atomic E-state index is 11.1. The van der Waals surface area contributed by atoms with Gasteiger partial charge in [-0.05, 0) is 26.6 Å². The number of nitrogens with two attached hydrogens (primary N) is 1. The highest BCUT2D eigenvalue weighted by atomic mass is 16.5. The minimum absolute atomic E-state index is 0.165. The van der Waals surface area contributed by atoms with Crippen molar-refractivity contribution in [3.05, 3.63) is 0 Å². The Morgan fingerprint density at radius 2 is 1.94 bits per heavy atom. The number of carboxylic acid groups (broad SMARTS) is 1. The maximum Gasteiger partial charge on any atom is 0.451 e. The maximum absolute atomic E-state index is 11.1. The fourth-order valence-electron chi connectivity index (χ4n) is 1.49. The molecule has 0 saturated heterocycles. The van der Waals surface area contributed by atoms with E-state index >= 15 is 0 Å². The molecule has 0 radical (unpaired) electrons. The van der Waals surface area contributed by atoms with Crippen LogP contribution in [0.1, 0.15) is 33.1 Å². The smallest absolute Gasteiger partial charge is 0.451 e. The second-order valence-electron chi connectivity index (χ2n) is 4.88. The summed E-state index contributed by atoms with van der Waals surface area (Å²) in [6.45, 7) is 3.29. The second kappa shape index (κ2) is 7.70. The van der Waals surface area contributed by atoms with E-state index < -0.39 is 18.6 Å². The van der Waals surface area contributed by atoms with Crippen LogP contribution in [0.3, 0.4) is 0 Å². The Kier molecular flexibility index (Phi) is 7.42. The Bertz CT molecular complexity index is 265. The fourth-order valence-corrected chi connectivity index (χ4v) is 1.49. The lowest BCUT2D eigenvalue weighted by Gasteiger charge is -2.30. The lowest BCUT2D eigenvalue weighted by atomic mass is 9.82. The van der Waals surface area contributed by atoms with Gasteiger partial charge < -0.3 is 26.1 Å². The topological polar surface area (TPSA) is 127 Å². The molecule has 0 bridgehead atoms. The molecule has 0 spiro atoms. The van der Waals surface area contributed by atoms with Crippen molar-refractivity contribution < 1.29 is 25.2 Å². The number of carboxylic acids is 1. The normalized spacial score (nSPS) is 14.9. The van der Waals surface area contributed by atoms with Gasteiger partial charge in [0.1, 0.15) is 5.54 Å². The van der Waals surface area contributed by atoms with Crippen LogP contribution in [0, 0.1) is 0 Å². The van der Waals surface area contributed by atoms with Gasteiger partial charge in [0.15, 0.2) is 0 Å². The van der Waals surface area contributed by atoms with E-state index in [1.54, 1.807) is 13.8 Å². The van der Waals surface area contributed by atoms with Gasteiger partial charge in [0.05, 0.1) is 6.54 Å². The van der Waals surface area contributed by atoms with Crippen molar-refractivity contribution in [1.29, 1.82) is 0 Å². The second-order valence-corrected chi connectivity index (χ2v) is 4.88. The minimum atomic E-state index is -1.53. The minimum Gasteiger partial charge on any atom is -0.480 e. The van der Waals surface area contributed by atoms with E-state index in [1.807, 2.05) is 0 Å². The van der Waals surface area contributed by atoms with Gasteiger partial charge in [-0.3, -0.25) is 4.79 Å². The monoisotopic (exact) mass is 262 g/mol. The molecule has 0 aliphatic heterocycles. The van der Waals surface area contributed by atoms with E-state index in [0.717, 1.165) is 5.06 Å². The Hall–Kier alpha value is -0.665. The van der Waals surface area contributed by atoms with Crippen molar-refractivity contribution in [2.24, 2.45) is 5.73 Å². The van der Waals surface area contributed by atoms with Gasteiger partial charge in [0.2, 0.25) is 0 Å². The Morgan fingerprint density at radius 3 is 2.33 bits per heavy atom. The molecule has 0 aromatic rings. The number of aliphatic carboxylic acids is 1. The summed E-state index contributed by atoms with van der Waals surface area (Å²) in [5.74, 6) is -1.17. The summed E-state index contributed by atoms with van der Waals surface area (Å²) in [6.07, 6.45) is 1.27. The van der Waals surface area contributed by atoms with Crippen molar-refractivity contribution in [3.8, 4) is 0 Å². The zero-order valence-corrected chi connectivity index (χ0v) is 10.9. The highest BCUT2D eigenvalue weighted by Crippen LogP contribution is 2.16. The largest absolute Gasteiger partial charge is 0.480 e. The molecule has 0 aromatic heterocycles. The SMILES string of the molecule is CC(C)N(O)CC(N)(CCCCB(O)O)C(=O)O. The first-order chi connectivity index (χ1) is 8.19. The third-order valence-corrected chi connectivity index (χ3v) is 2.80. The van der Waals surface area contributed by atoms with Crippen molar-refractivity contribution in [2.45, 2.75) is 51.0 Å². The molecule has 18 heavy (non-hydrogen) atoms. The molecule has 106 valence electrons. The Morgan fingerprint density at radius 1 is 1.39 bits per heavy atom. The molecule has 7 nitrogen and oxygen atoms in total. The van der Waals surface area contributed by atoms with Crippen LogP contribution < -0.4 is 5.73 Å². The highest BCUT2D eigenvalue weighted by Gasteiger charge is 2.36. The first-order valence-electron chi connectivity index (χ1n) is 6.03. The lowest BCUT2D eigenvalue weighted by molar-refractivity contribution is -0.159. The van der Waals surface area contributed by atoms with E-state index in [4.69, 9.17) is 20.9 Å². The molecular weight excluding hydrogens is 239 g/mol. The van der Waals surface area contributed by atoms with Crippen LogP contribution in [0.4, 0.5) is 0 Å². The molecule has 0 fully saturated rings. The van der Waals surface area contributed by atoms with Crippen molar-refractivity contribution >= 4 is 13.1 Å². The van der Waals surface area contributed by atoms with Gasteiger partial charge >= 0.3 is 13.1 Å². The first-order valence-corrected chi connectivity index (χ1v) is 6.03. The van der Waals surface area contributed by atoms with Crippen LogP contribution >= 0.6 is 0 Å². The highest BCUT2D eigenvalue weighted by molar-refractivity contribution is 6.40. The lowest BCUT2D eigenvalue weighted by Crippen LogP contribution is -2.56. The number of hydrogen-bond donors (Lipinski definition) is 5. The van der Waals surface area contributed by atoms with E-state index in [0.29, 0.717) is 12.8 Å². The first kappa shape index (κ1) is 17.3. The van der Waals surface area contributed by atoms with Crippen LogP contribution in [0.2, 0.25) is 6.32 Å². The molecule has 0 aromatic carbocycles. The third-order valence-electron chi connectivity index (χ3n) is 2.80. The molecule has 0 saturated carbocycles. The summed E-state index contributed by atoms with van der Waals surface area (Å²) >= 11 is 0. The molecule has 8 heteroatoms. The van der Waals surface area contributed by atoms with E-state index in [1.165, 1.54) is 0 Å². The molecule has 1 atom stereocenters. The van der Waals surface area contributed by atoms with Crippen LogP contribution in [0.15, 0.2) is 0 Å². The Balaban J connectivity index is 4.31. The quantitative estimate of drug-likeness (QED) is 0.215. The van der Waals surface area contributed by atoms with E-state index in [2.05, 4.69) is 0 Å².